The monoisotopic (exact) mass is 329 g/mol. The topological polar surface area (TPSA) is 88.4 Å². The quantitative estimate of drug-likeness (QED) is 0.643. The number of ketones is 1. The van der Waals surface area contributed by atoms with Gasteiger partial charge in [0, 0.05) is 30.2 Å². The average Bonchev–Trinajstić information content (AvgIpc) is 2.67. The third kappa shape index (κ3) is 4.23. The molecule has 0 aliphatic heterocycles. The predicted molar refractivity (Wildman–Crippen MR) is 95.3 cm³/mol. The first-order valence-electron chi connectivity index (χ1n) is 8.31. The number of benzene rings is 2. The van der Waals surface area contributed by atoms with Crippen molar-refractivity contribution in [3.63, 3.8) is 0 Å². The first kappa shape index (κ1) is 18.2. The molecule has 0 N–H and O–H groups in total. The predicted octanol–water partition coefficient (Wildman–Crippen LogP) is 4.92. The first-order chi connectivity index (χ1) is 12.2. The van der Waals surface area contributed by atoms with Crippen molar-refractivity contribution in [3.05, 3.63) is 48.0 Å². The van der Waals surface area contributed by atoms with Gasteiger partial charge in [-0.2, -0.15) is 15.8 Å². The molecular weight excluding hydrogens is 310 g/mol. The molecular formula is C21H19N3O. The Balaban J connectivity index is 2.44. The number of rotatable bonds is 8. The highest BCUT2D eigenvalue weighted by molar-refractivity contribution is 6.03. The lowest BCUT2D eigenvalue weighted by molar-refractivity contribution is 0.0746. The molecule has 2 aromatic rings. The normalized spacial score (nSPS) is 10.6. The zero-order valence-electron chi connectivity index (χ0n) is 14.0. The third-order valence-electron chi connectivity index (χ3n) is 4.64. The van der Waals surface area contributed by atoms with E-state index in [1.165, 1.54) is 0 Å². The lowest BCUT2D eigenvalue weighted by Crippen LogP contribution is -2.31. The number of nitriles is 3. The van der Waals surface area contributed by atoms with Crippen molar-refractivity contribution in [1.82, 2.24) is 0 Å². The Bertz CT molecular complexity index is 835. The van der Waals surface area contributed by atoms with Crippen LogP contribution in [0.5, 0.6) is 0 Å². The summed E-state index contributed by atoms with van der Waals surface area (Å²) in [6.45, 7) is 0. The zero-order chi connectivity index (χ0) is 18.1. The molecule has 0 aliphatic rings. The van der Waals surface area contributed by atoms with E-state index < -0.39 is 5.41 Å². The van der Waals surface area contributed by atoms with Crippen LogP contribution in [0.15, 0.2) is 42.5 Å². The highest BCUT2D eigenvalue weighted by Gasteiger charge is 2.37. The van der Waals surface area contributed by atoms with E-state index in [9.17, 15) is 4.79 Å². The number of fused-ring (bicyclic) bond motifs is 1. The number of nitrogens with zero attached hydrogens (tertiary/aromatic N) is 3. The Morgan fingerprint density at radius 2 is 1.32 bits per heavy atom. The summed E-state index contributed by atoms with van der Waals surface area (Å²) in [4.78, 5) is 13.3. The van der Waals surface area contributed by atoms with Crippen molar-refractivity contribution in [2.45, 2.75) is 38.5 Å². The van der Waals surface area contributed by atoms with Gasteiger partial charge in [-0.3, -0.25) is 4.79 Å². The lowest BCUT2D eigenvalue weighted by atomic mass is 9.70. The van der Waals surface area contributed by atoms with E-state index in [0.717, 1.165) is 10.8 Å². The molecule has 124 valence electrons. The highest BCUT2D eigenvalue weighted by Crippen LogP contribution is 2.39. The molecule has 2 aromatic carbocycles. The molecule has 0 saturated carbocycles. The Morgan fingerprint density at radius 1 is 0.800 bits per heavy atom. The molecule has 25 heavy (non-hydrogen) atoms. The van der Waals surface area contributed by atoms with Gasteiger partial charge in [0.1, 0.15) is 0 Å². The summed E-state index contributed by atoms with van der Waals surface area (Å²) in [6.07, 6.45) is 1.82. The van der Waals surface area contributed by atoms with Crippen LogP contribution in [0.1, 0.15) is 48.9 Å². The van der Waals surface area contributed by atoms with Crippen LogP contribution in [-0.2, 0) is 0 Å². The fraction of sp³-hybridized carbons (Fsp3) is 0.333. The van der Waals surface area contributed by atoms with Crippen LogP contribution >= 0.6 is 0 Å². The van der Waals surface area contributed by atoms with Crippen molar-refractivity contribution in [1.29, 1.82) is 15.8 Å². The molecule has 0 saturated heterocycles. The van der Waals surface area contributed by atoms with E-state index >= 15 is 0 Å². The largest absolute Gasteiger partial charge is 0.294 e. The van der Waals surface area contributed by atoms with Crippen molar-refractivity contribution < 1.29 is 4.79 Å². The Labute approximate surface area is 147 Å². The molecule has 0 bridgehead atoms. The maximum atomic E-state index is 13.3. The van der Waals surface area contributed by atoms with Gasteiger partial charge in [-0.25, -0.2) is 0 Å². The molecule has 0 aliphatic carbocycles. The standard InChI is InChI=1S/C21H19N3O/c22-13-3-10-21(11-4-14-23,12-5-15-24)20(25)19-9-8-17-6-1-2-7-18(17)16-19/h1-2,6-9,16H,3-5,10-12H2. The van der Waals surface area contributed by atoms with Gasteiger partial charge in [-0.15, -0.1) is 0 Å². The third-order valence-corrected chi connectivity index (χ3v) is 4.64. The van der Waals surface area contributed by atoms with Crippen molar-refractivity contribution >= 4 is 16.6 Å². The number of Topliss-reactive ketones (excluding diaryl/α,β-unsaturated/α-hetero) is 1. The van der Waals surface area contributed by atoms with E-state index in [4.69, 9.17) is 15.8 Å². The first-order valence-corrected chi connectivity index (χ1v) is 8.31. The smallest absolute Gasteiger partial charge is 0.169 e. The van der Waals surface area contributed by atoms with Gasteiger partial charge in [-0.1, -0.05) is 36.4 Å². The van der Waals surface area contributed by atoms with E-state index in [-0.39, 0.29) is 25.0 Å². The Morgan fingerprint density at radius 3 is 1.84 bits per heavy atom. The lowest BCUT2D eigenvalue weighted by Gasteiger charge is -2.30. The maximum absolute atomic E-state index is 13.3. The number of hydrogen-bond donors (Lipinski definition) is 0. The van der Waals surface area contributed by atoms with Gasteiger partial charge in [0.05, 0.1) is 18.2 Å². The van der Waals surface area contributed by atoms with Crippen LogP contribution in [-0.4, -0.2) is 5.78 Å². The molecule has 0 radical (unpaired) electrons. The van der Waals surface area contributed by atoms with Crippen LogP contribution in [0.2, 0.25) is 0 Å². The molecule has 0 atom stereocenters. The van der Waals surface area contributed by atoms with E-state index in [0.29, 0.717) is 24.8 Å². The second-order valence-corrected chi connectivity index (χ2v) is 6.15. The maximum Gasteiger partial charge on any atom is 0.169 e. The molecule has 0 heterocycles. The van der Waals surface area contributed by atoms with Crippen molar-refractivity contribution in [3.8, 4) is 18.2 Å². The minimum atomic E-state index is -0.830. The van der Waals surface area contributed by atoms with Crippen LogP contribution < -0.4 is 0 Å². The van der Waals surface area contributed by atoms with Gasteiger partial charge >= 0.3 is 0 Å². The molecule has 0 amide bonds. The molecule has 0 fully saturated rings. The fourth-order valence-corrected chi connectivity index (χ4v) is 3.24. The van der Waals surface area contributed by atoms with Crippen molar-refractivity contribution in [2.75, 3.05) is 0 Å². The number of carbonyl (C=O) groups excluding carboxylic acids is 1. The zero-order valence-corrected chi connectivity index (χ0v) is 14.0. The molecule has 4 nitrogen and oxygen atoms in total. The number of carbonyl (C=O) groups is 1. The number of hydrogen-bond acceptors (Lipinski definition) is 4. The van der Waals surface area contributed by atoms with Gasteiger partial charge in [0.2, 0.25) is 0 Å². The summed E-state index contributed by atoms with van der Waals surface area (Å²) in [5.74, 6) is -0.0704. The van der Waals surface area contributed by atoms with Gasteiger partial charge in [0.15, 0.2) is 5.78 Å². The summed E-state index contributed by atoms with van der Waals surface area (Å²) >= 11 is 0. The molecule has 0 unspecified atom stereocenters. The average molecular weight is 329 g/mol. The Hall–Kier alpha value is -3.16. The van der Waals surface area contributed by atoms with E-state index in [1.54, 1.807) is 6.07 Å². The van der Waals surface area contributed by atoms with Crippen LogP contribution in [0, 0.1) is 39.4 Å². The molecule has 0 spiro atoms. The fourth-order valence-electron chi connectivity index (χ4n) is 3.24. The summed E-state index contributed by atoms with van der Waals surface area (Å²) < 4.78 is 0. The summed E-state index contributed by atoms with van der Waals surface area (Å²) in [6, 6.07) is 19.6. The SMILES string of the molecule is N#CCCC(CCC#N)(CCC#N)C(=O)c1ccc2ccccc2c1. The van der Waals surface area contributed by atoms with Gasteiger partial charge in [0.25, 0.3) is 0 Å². The summed E-state index contributed by atoms with van der Waals surface area (Å²) in [5.41, 5.74) is -0.253. The Kier molecular flexibility index (Phi) is 6.27. The van der Waals surface area contributed by atoms with E-state index in [1.807, 2.05) is 36.4 Å². The summed E-state index contributed by atoms with van der Waals surface area (Å²) in [5, 5.41) is 29.0. The molecule has 0 aromatic heterocycles. The van der Waals surface area contributed by atoms with Crippen LogP contribution in [0.25, 0.3) is 10.8 Å². The second-order valence-electron chi connectivity index (χ2n) is 6.15. The van der Waals surface area contributed by atoms with Gasteiger partial charge < -0.3 is 0 Å². The van der Waals surface area contributed by atoms with Crippen LogP contribution in [0.3, 0.4) is 0 Å². The second kappa shape index (κ2) is 8.62. The van der Waals surface area contributed by atoms with E-state index in [2.05, 4.69) is 18.2 Å². The highest BCUT2D eigenvalue weighted by atomic mass is 16.1. The molecule has 2 rings (SSSR count). The van der Waals surface area contributed by atoms with Gasteiger partial charge in [-0.05, 0) is 36.1 Å². The van der Waals surface area contributed by atoms with Crippen LogP contribution in [0.4, 0.5) is 0 Å². The molecule has 4 heteroatoms. The minimum absolute atomic E-state index is 0.0704. The minimum Gasteiger partial charge on any atom is -0.294 e. The summed E-state index contributed by atoms with van der Waals surface area (Å²) in [7, 11) is 0. The van der Waals surface area contributed by atoms with Crippen molar-refractivity contribution in [2.24, 2.45) is 5.41 Å².